The molecule has 0 spiro atoms. The van der Waals surface area contributed by atoms with E-state index in [1.54, 1.807) is 13.8 Å². The number of cyclic esters (lactones) is 1. The fraction of sp³-hybridized carbons (Fsp3) is 0.870. The van der Waals surface area contributed by atoms with E-state index in [1.165, 1.54) is 0 Å². The lowest BCUT2D eigenvalue weighted by atomic mass is 9.77. The Kier molecular flexibility index (Phi) is 7.59. The second-order valence-electron chi connectivity index (χ2n) is 9.85. The van der Waals surface area contributed by atoms with Gasteiger partial charge in [-0.05, 0) is 45.6 Å². The standard InChI is InChI=1S/C23H40O6/c1-11-10-12(2)20-15(5)21(29-23(8,9)28-20)16(6)22(26)27-17(7)13(3)19(25)14(4)18(11)24/h12-21,24-25H,1,10H2,2-9H3/t12-,13-,14-,15+,16+,17+,18?,19?,20-,21-/m0/s1. The van der Waals surface area contributed by atoms with E-state index in [2.05, 4.69) is 13.5 Å². The summed E-state index contributed by atoms with van der Waals surface area (Å²) in [4.78, 5) is 12.9. The van der Waals surface area contributed by atoms with Crippen LogP contribution in [0.25, 0.3) is 0 Å². The van der Waals surface area contributed by atoms with Crippen molar-refractivity contribution in [3.63, 3.8) is 0 Å². The lowest BCUT2D eigenvalue weighted by Gasteiger charge is -2.48. The van der Waals surface area contributed by atoms with Gasteiger partial charge in [-0.3, -0.25) is 4.79 Å². The van der Waals surface area contributed by atoms with Gasteiger partial charge < -0.3 is 24.4 Å². The van der Waals surface area contributed by atoms with Crippen molar-refractivity contribution >= 4 is 5.97 Å². The Hall–Kier alpha value is -0.950. The summed E-state index contributed by atoms with van der Waals surface area (Å²) in [5.41, 5.74) is 0.683. The molecule has 2 aliphatic rings. The maximum absolute atomic E-state index is 12.9. The Morgan fingerprint density at radius 1 is 0.931 bits per heavy atom. The number of carbonyl (C=O) groups is 1. The molecule has 2 N–H and O–H groups in total. The predicted molar refractivity (Wildman–Crippen MR) is 111 cm³/mol. The van der Waals surface area contributed by atoms with Crippen LogP contribution in [0.1, 0.15) is 61.8 Å². The van der Waals surface area contributed by atoms with E-state index < -0.39 is 35.9 Å². The first kappa shape index (κ1) is 24.3. The summed E-state index contributed by atoms with van der Waals surface area (Å²) in [5, 5.41) is 21.6. The Labute approximate surface area is 175 Å². The van der Waals surface area contributed by atoms with E-state index in [-0.39, 0.29) is 35.9 Å². The first-order chi connectivity index (χ1) is 13.3. The molecule has 2 aliphatic heterocycles. The number of hydrogen-bond acceptors (Lipinski definition) is 6. The van der Waals surface area contributed by atoms with E-state index in [0.29, 0.717) is 12.0 Å². The number of carbonyl (C=O) groups excluding carboxylic acids is 1. The molecule has 6 heteroatoms. The average Bonchev–Trinajstić information content (AvgIpc) is 2.65. The van der Waals surface area contributed by atoms with Gasteiger partial charge in [-0.1, -0.05) is 34.3 Å². The molecule has 0 aliphatic carbocycles. The third-order valence-corrected chi connectivity index (χ3v) is 6.92. The molecule has 2 saturated heterocycles. The van der Waals surface area contributed by atoms with Crippen molar-refractivity contribution in [1.82, 2.24) is 0 Å². The summed E-state index contributed by atoms with van der Waals surface area (Å²) in [6.07, 6.45) is -2.13. The number of ether oxygens (including phenoxy) is 3. The van der Waals surface area contributed by atoms with Crippen LogP contribution in [-0.4, -0.2) is 52.5 Å². The van der Waals surface area contributed by atoms with Crippen LogP contribution in [-0.2, 0) is 19.0 Å². The minimum absolute atomic E-state index is 0.0378. The molecule has 0 aromatic rings. The van der Waals surface area contributed by atoms with Crippen LogP contribution in [0, 0.1) is 29.6 Å². The highest BCUT2D eigenvalue weighted by atomic mass is 16.7. The second kappa shape index (κ2) is 9.04. The Morgan fingerprint density at radius 3 is 2.07 bits per heavy atom. The molecule has 29 heavy (non-hydrogen) atoms. The Morgan fingerprint density at radius 2 is 1.48 bits per heavy atom. The summed E-state index contributed by atoms with van der Waals surface area (Å²) in [6.45, 7) is 19.2. The zero-order valence-corrected chi connectivity index (χ0v) is 19.2. The monoisotopic (exact) mass is 412 g/mol. The molecule has 0 radical (unpaired) electrons. The van der Waals surface area contributed by atoms with Crippen molar-refractivity contribution in [2.45, 2.75) is 98.1 Å². The highest BCUT2D eigenvalue weighted by Gasteiger charge is 2.47. The number of esters is 1. The molecule has 6 nitrogen and oxygen atoms in total. The largest absolute Gasteiger partial charge is 0.462 e. The molecular weight excluding hydrogens is 372 g/mol. The van der Waals surface area contributed by atoms with Gasteiger partial charge in [-0.15, -0.1) is 0 Å². The zero-order chi connectivity index (χ0) is 22.3. The predicted octanol–water partition coefficient (Wildman–Crippen LogP) is 3.30. The summed E-state index contributed by atoms with van der Waals surface area (Å²) < 4.78 is 18.1. The summed E-state index contributed by atoms with van der Waals surface area (Å²) in [5.74, 6) is -2.38. The Bertz CT molecular complexity index is 602. The maximum Gasteiger partial charge on any atom is 0.311 e. The molecule has 2 unspecified atom stereocenters. The Balaban J connectivity index is 2.42. The minimum Gasteiger partial charge on any atom is -0.462 e. The van der Waals surface area contributed by atoms with Crippen molar-refractivity contribution < 1.29 is 29.2 Å². The third kappa shape index (κ3) is 5.22. The van der Waals surface area contributed by atoms with Gasteiger partial charge in [-0.25, -0.2) is 0 Å². The lowest BCUT2D eigenvalue weighted by Crippen LogP contribution is -2.55. The van der Waals surface area contributed by atoms with Gasteiger partial charge in [0.15, 0.2) is 5.79 Å². The molecule has 10 atom stereocenters. The van der Waals surface area contributed by atoms with Gasteiger partial charge in [0, 0.05) is 17.8 Å². The number of aliphatic hydroxyl groups excluding tert-OH is 2. The quantitative estimate of drug-likeness (QED) is 0.469. The van der Waals surface area contributed by atoms with Gasteiger partial charge in [0.1, 0.15) is 6.10 Å². The molecular formula is C23H40O6. The second-order valence-corrected chi connectivity index (χ2v) is 9.85. The van der Waals surface area contributed by atoms with Gasteiger partial charge in [0.2, 0.25) is 0 Å². The fourth-order valence-corrected chi connectivity index (χ4v) is 4.77. The lowest BCUT2D eigenvalue weighted by molar-refractivity contribution is -0.333. The summed E-state index contributed by atoms with van der Waals surface area (Å²) in [7, 11) is 0. The third-order valence-electron chi connectivity index (χ3n) is 6.92. The summed E-state index contributed by atoms with van der Waals surface area (Å²) >= 11 is 0. The van der Waals surface area contributed by atoms with Crippen molar-refractivity contribution in [2.24, 2.45) is 29.6 Å². The molecule has 2 heterocycles. The smallest absolute Gasteiger partial charge is 0.311 e. The number of fused-ring (bicyclic) bond motifs is 2. The van der Waals surface area contributed by atoms with E-state index >= 15 is 0 Å². The van der Waals surface area contributed by atoms with Crippen molar-refractivity contribution in [3.05, 3.63) is 12.2 Å². The number of hydrogen-bond donors (Lipinski definition) is 2. The van der Waals surface area contributed by atoms with Crippen LogP contribution < -0.4 is 0 Å². The van der Waals surface area contributed by atoms with E-state index in [9.17, 15) is 15.0 Å². The maximum atomic E-state index is 12.9. The van der Waals surface area contributed by atoms with E-state index in [0.717, 1.165) is 0 Å². The van der Waals surface area contributed by atoms with E-state index in [4.69, 9.17) is 14.2 Å². The van der Waals surface area contributed by atoms with Crippen LogP contribution in [0.4, 0.5) is 0 Å². The van der Waals surface area contributed by atoms with Crippen LogP contribution in [0.3, 0.4) is 0 Å². The highest BCUT2D eigenvalue weighted by Crippen LogP contribution is 2.40. The normalized spacial score (nSPS) is 47.2. The van der Waals surface area contributed by atoms with Gasteiger partial charge in [-0.2, -0.15) is 0 Å². The molecule has 0 aromatic heterocycles. The van der Waals surface area contributed by atoms with Crippen molar-refractivity contribution in [3.8, 4) is 0 Å². The minimum atomic E-state index is -0.849. The van der Waals surface area contributed by atoms with Gasteiger partial charge in [0.05, 0.1) is 30.3 Å². The SMILES string of the molecule is C=C1C[C@H](C)[C@@H]2OC(C)(C)O[C@@H]([C@@H]2C)[C@@H](C)C(=O)O[C@H](C)[C@H](C)C(O)[C@@H](C)C1O. The van der Waals surface area contributed by atoms with Crippen LogP contribution in [0.5, 0.6) is 0 Å². The van der Waals surface area contributed by atoms with Gasteiger partial charge in [0.25, 0.3) is 0 Å². The molecule has 2 bridgehead atoms. The van der Waals surface area contributed by atoms with Crippen molar-refractivity contribution in [2.75, 3.05) is 0 Å². The highest BCUT2D eigenvalue weighted by molar-refractivity contribution is 5.73. The topological polar surface area (TPSA) is 85.2 Å². The fourth-order valence-electron chi connectivity index (χ4n) is 4.77. The van der Waals surface area contributed by atoms with Gasteiger partial charge >= 0.3 is 5.97 Å². The zero-order valence-electron chi connectivity index (χ0n) is 19.2. The molecule has 2 fully saturated rings. The summed E-state index contributed by atoms with van der Waals surface area (Å²) in [6, 6.07) is 0. The number of aliphatic hydroxyl groups is 2. The molecule has 2 rings (SSSR count). The van der Waals surface area contributed by atoms with Crippen LogP contribution in [0.2, 0.25) is 0 Å². The molecule has 0 saturated carbocycles. The van der Waals surface area contributed by atoms with Crippen LogP contribution >= 0.6 is 0 Å². The van der Waals surface area contributed by atoms with Crippen LogP contribution in [0.15, 0.2) is 12.2 Å². The first-order valence-electron chi connectivity index (χ1n) is 10.9. The molecule has 0 aromatic carbocycles. The average molecular weight is 413 g/mol. The van der Waals surface area contributed by atoms with E-state index in [1.807, 2.05) is 34.6 Å². The molecule has 0 amide bonds. The number of rotatable bonds is 0. The first-order valence-corrected chi connectivity index (χ1v) is 10.9. The van der Waals surface area contributed by atoms with Crippen molar-refractivity contribution in [1.29, 1.82) is 0 Å². The molecule has 168 valence electrons.